The molecule has 0 aliphatic heterocycles. The minimum Gasteiger partial charge on any atom is -0.484 e. The van der Waals surface area contributed by atoms with E-state index in [9.17, 15) is 22.8 Å². The van der Waals surface area contributed by atoms with Crippen LogP contribution in [0.3, 0.4) is 0 Å². The van der Waals surface area contributed by atoms with Crippen LogP contribution in [0.4, 0.5) is 13.2 Å². The van der Waals surface area contributed by atoms with Crippen LogP contribution in [0.25, 0.3) is 0 Å². The lowest BCUT2D eigenvalue weighted by Gasteiger charge is -2.15. The quantitative estimate of drug-likeness (QED) is 0.805. The van der Waals surface area contributed by atoms with E-state index in [-0.39, 0.29) is 30.2 Å². The Balaban J connectivity index is 2.49. The van der Waals surface area contributed by atoms with E-state index in [1.807, 2.05) is 0 Å². The summed E-state index contributed by atoms with van der Waals surface area (Å²) >= 11 is 0. The Morgan fingerprint density at radius 3 is 2.30 bits per heavy atom. The second-order valence-electron chi connectivity index (χ2n) is 4.89. The molecule has 0 aliphatic carbocycles. The SMILES string of the molecule is CCC(=O)NCC(=O)NC(C)c1ccc(OCC(F)(F)F)cc1. The number of carbonyl (C=O) groups is 2. The molecule has 0 aliphatic rings. The Morgan fingerprint density at radius 1 is 1.17 bits per heavy atom. The van der Waals surface area contributed by atoms with Gasteiger partial charge < -0.3 is 15.4 Å². The Morgan fingerprint density at radius 2 is 1.78 bits per heavy atom. The first-order chi connectivity index (χ1) is 10.7. The summed E-state index contributed by atoms with van der Waals surface area (Å²) < 4.78 is 40.7. The van der Waals surface area contributed by atoms with Gasteiger partial charge in [0, 0.05) is 6.42 Å². The van der Waals surface area contributed by atoms with Crippen molar-refractivity contribution in [2.75, 3.05) is 13.2 Å². The first kappa shape index (κ1) is 18.8. The van der Waals surface area contributed by atoms with Gasteiger partial charge in [-0.1, -0.05) is 19.1 Å². The number of benzene rings is 1. The van der Waals surface area contributed by atoms with Gasteiger partial charge in [0.1, 0.15) is 5.75 Å². The maximum atomic E-state index is 12.0. The molecule has 1 aromatic carbocycles. The Labute approximate surface area is 132 Å². The molecule has 0 bridgehead atoms. The van der Waals surface area contributed by atoms with Gasteiger partial charge >= 0.3 is 6.18 Å². The second kappa shape index (κ2) is 8.40. The third-order valence-electron chi connectivity index (χ3n) is 2.93. The Hall–Kier alpha value is -2.25. The first-order valence-corrected chi connectivity index (χ1v) is 7.07. The highest BCUT2D eigenvalue weighted by Crippen LogP contribution is 2.20. The van der Waals surface area contributed by atoms with Gasteiger partial charge in [-0.2, -0.15) is 13.2 Å². The minimum atomic E-state index is -4.39. The van der Waals surface area contributed by atoms with Crippen molar-refractivity contribution < 1.29 is 27.5 Å². The molecule has 1 atom stereocenters. The lowest BCUT2D eigenvalue weighted by molar-refractivity contribution is -0.153. The molecular formula is C15H19F3N2O3. The normalized spacial score (nSPS) is 12.4. The van der Waals surface area contributed by atoms with Crippen LogP contribution in [0.2, 0.25) is 0 Å². The molecule has 1 unspecified atom stereocenters. The number of nitrogens with one attached hydrogen (secondary N) is 2. The van der Waals surface area contributed by atoms with E-state index in [4.69, 9.17) is 0 Å². The van der Waals surface area contributed by atoms with E-state index < -0.39 is 12.8 Å². The van der Waals surface area contributed by atoms with E-state index >= 15 is 0 Å². The van der Waals surface area contributed by atoms with Crippen LogP contribution in [0.1, 0.15) is 31.9 Å². The first-order valence-electron chi connectivity index (χ1n) is 7.07. The fourth-order valence-electron chi connectivity index (χ4n) is 1.70. The van der Waals surface area contributed by atoms with Crippen molar-refractivity contribution in [2.45, 2.75) is 32.5 Å². The van der Waals surface area contributed by atoms with Gasteiger partial charge in [0.2, 0.25) is 11.8 Å². The third-order valence-corrected chi connectivity index (χ3v) is 2.93. The van der Waals surface area contributed by atoms with Gasteiger partial charge in [-0.15, -0.1) is 0 Å². The zero-order valence-electron chi connectivity index (χ0n) is 12.9. The van der Waals surface area contributed by atoms with E-state index in [0.29, 0.717) is 12.0 Å². The summed E-state index contributed by atoms with van der Waals surface area (Å²) in [7, 11) is 0. The maximum Gasteiger partial charge on any atom is 0.422 e. The van der Waals surface area contributed by atoms with Crippen molar-refractivity contribution in [3.63, 3.8) is 0 Å². The summed E-state index contributed by atoms with van der Waals surface area (Å²) in [6, 6.07) is 5.60. The van der Waals surface area contributed by atoms with Crippen molar-refractivity contribution in [1.82, 2.24) is 10.6 Å². The number of halogens is 3. The molecule has 1 aromatic rings. The number of amides is 2. The van der Waals surface area contributed by atoms with Gasteiger partial charge in [0.05, 0.1) is 12.6 Å². The molecule has 0 fully saturated rings. The fraction of sp³-hybridized carbons (Fsp3) is 0.467. The van der Waals surface area contributed by atoms with Crippen molar-refractivity contribution in [3.05, 3.63) is 29.8 Å². The second-order valence-corrected chi connectivity index (χ2v) is 4.89. The predicted octanol–water partition coefficient (Wildman–Crippen LogP) is 2.33. The van der Waals surface area contributed by atoms with Gasteiger partial charge in [-0.3, -0.25) is 9.59 Å². The lowest BCUT2D eigenvalue weighted by Crippen LogP contribution is -2.37. The molecular weight excluding hydrogens is 313 g/mol. The molecule has 8 heteroatoms. The summed E-state index contributed by atoms with van der Waals surface area (Å²) in [5.74, 6) is -0.476. The Kier molecular flexibility index (Phi) is 6.87. The summed E-state index contributed by atoms with van der Waals surface area (Å²) in [4.78, 5) is 22.7. The fourth-order valence-corrected chi connectivity index (χ4v) is 1.70. The lowest BCUT2D eigenvalue weighted by atomic mass is 10.1. The molecule has 2 amide bonds. The third kappa shape index (κ3) is 7.53. The van der Waals surface area contributed by atoms with Gasteiger partial charge in [0.15, 0.2) is 6.61 Å². The number of carbonyl (C=O) groups excluding carboxylic acids is 2. The zero-order chi connectivity index (χ0) is 17.5. The van der Waals surface area contributed by atoms with Crippen molar-refractivity contribution in [3.8, 4) is 5.75 Å². The molecule has 0 saturated carbocycles. The average Bonchev–Trinajstić information content (AvgIpc) is 2.50. The molecule has 0 saturated heterocycles. The largest absolute Gasteiger partial charge is 0.484 e. The minimum absolute atomic E-state index is 0.0970. The van der Waals surface area contributed by atoms with Crippen LogP contribution in [-0.4, -0.2) is 31.1 Å². The van der Waals surface area contributed by atoms with Crippen molar-refractivity contribution >= 4 is 11.8 Å². The van der Waals surface area contributed by atoms with Crippen LogP contribution in [-0.2, 0) is 9.59 Å². The highest BCUT2D eigenvalue weighted by molar-refractivity contribution is 5.84. The highest BCUT2D eigenvalue weighted by Gasteiger charge is 2.28. The molecule has 0 heterocycles. The smallest absolute Gasteiger partial charge is 0.422 e. The van der Waals surface area contributed by atoms with E-state index in [1.165, 1.54) is 12.1 Å². The average molecular weight is 332 g/mol. The molecule has 23 heavy (non-hydrogen) atoms. The Bertz CT molecular complexity index is 530. The highest BCUT2D eigenvalue weighted by atomic mass is 19.4. The number of alkyl halides is 3. The van der Waals surface area contributed by atoms with E-state index in [0.717, 1.165) is 0 Å². The topological polar surface area (TPSA) is 67.4 Å². The van der Waals surface area contributed by atoms with Crippen LogP contribution in [0.5, 0.6) is 5.75 Å². The van der Waals surface area contributed by atoms with Crippen LogP contribution < -0.4 is 15.4 Å². The molecule has 0 spiro atoms. The van der Waals surface area contributed by atoms with E-state index in [2.05, 4.69) is 15.4 Å². The van der Waals surface area contributed by atoms with Crippen LogP contribution in [0, 0.1) is 0 Å². The molecule has 2 N–H and O–H groups in total. The molecule has 128 valence electrons. The van der Waals surface area contributed by atoms with Gasteiger partial charge in [-0.25, -0.2) is 0 Å². The zero-order valence-corrected chi connectivity index (χ0v) is 12.9. The van der Waals surface area contributed by atoms with E-state index in [1.54, 1.807) is 26.0 Å². The molecule has 1 rings (SSSR count). The van der Waals surface area contributed by atoms with Gasteiger partial charge in [0.25, 0.3) is 0 Å². The molecule has 0 radical (unpaired) electrons. The summed E-state index contributed by atoms with van der Waals surface area (Å²) in [6.07, 6.45) is -4.09. The number of rotatable bonds is 7. The standard InChI is InChI=1S/C15H19F3N2O3/c1-3-13(21)19-8-14(22)20-10(2)11-4-6-12(7-5-11)23-9-15(16,17)18/h4-7,10H,3,8-9H2,1-2H3,(H,19,21)(H,20,22). The maximum absolute atomic E-state index is 12.0. The number of ether oxygens (including phenoxy) is 1. The predicted molar refractivity (Wildman–Crippen MR) is 77.9 cm³/mol. The summed E-state index contributed by atoms with van der Waals surface area (Å²) in [5.41, 5.74) is 0.708. The number of hydrogen-bond acceptors (Lipinski definition) is 3. The van der Waals surface area contributed by atoms with Crippen LogP contribution in [0.15, 0.2) is 24.3 Å². The summed E-state index contributed by atoms with van der Waals surface area (Å²) in [5, 5.41) is 5.13. The monoisotopic (exact) mass is 332 g/mol. The molecule has 0 aromatic heterocycles. The van der Waals surface area contributed by atoms with Crippen molar-refractivity contribution in [1.29, 1.82) is 0 Å². The molecule has 5 nitrogen and oxygen atoms in total. The number of hydrogen-bond donors (Lipinski definition) is 2. The summed E-state index contributed by atoms with van der Waals surface area (Å²) in [6.45, 7) is 1.93. The van der Waals surface area contributed by atoms with Gasteiger partial charge in [-0.05, 0) is 24.6 Å². The van der Waals surface area contributed by atoms with Crippen molar-refractivity contribution in [2.24, 2.45) is 0 Å². The van der Waals surface area contributed by atoms with Crippen LogP contribution >= 0.6 is 0 Å².